The molecule has 149 heavy (non-hydrogen) atoms. The summed E-state index contributed by atoms with van der Waals surface area (Å²) in [4.78, 5) is 38.3. The first-order chi connectivity index (χ1) is 70.9. The van der Waals surface area contributed by atoms with Crippen molar-refractivity contribution in [3.63, 3.8) is 0 Å². The van der Waals surface area contributed by atoms with Gasteiger partial charge < -0.3 is 289 Å². The highest BCUT2D eigenvalue weighted by Crippen LogP contribution is 2.45. The molecule has 4 aliphatic carbocycles. The van der Waals surface area contributed by atoms with E-state index < -0.39 is 367 Å². The van der Waals surface area contributed by atoms with Crippen molar-refractivity contribution >= 4 is 17.5 Å². The third-order valence-corrected chi connectivity index (χ3v) is 28.9. The second-order valence-electron chi connectivity index (χ2n) is 39.6. The molecule has 54 N–H and O–H groups in total. The molecule has 862 valence electrons. The van der Waals surface area contributed by atoms with Gasteiger partial charge in [0.05, 0.1) is 119 Å². The Balaban J connectivity index is 0.000000212. The lowest BCUT2D eigenvalue weighted by atomic mass is 9.76. The Morgan fingerprint density at radius 2 is 0.638 bits per heavy atom. The Hall–Kier alpha value is -4.25. The first-order valence-electron chi connectivity index (χ1n) is 50.2. The van der Waals surface area contributed by atoms with Crippen LogP contribution in [0.15, 0.2) is 36.5 Å². The third kappa shape index (κ3) is 30.9. The monoisotopic (exact) mass is 2160 g/mol. The molecule has 0 radical (unpaired) electrons. The van der Waals surface area contributed by atoms with E-state index in [4.69, 9.17) is 187 Å². The van der Waals surface area contributed by atoms with Gasteiger partial charge in [-0.05, 0) is 37.0 Å². The molecular weight excluding hydrogens is 2000 g/mol. The maximum Gasteiger partial charge on any atom is 0.246 e. The van der Waals surface area contributed by atoms with Gasteiger partial charge in [-0.2, -0.15) is 0 Å². The van der Waals surface area contributed by atoms with Crippen molar-refractivity contribution in [2.75, 3.05) is 118 Å². The van der Waals surface area contributed by atoms with Crippen LogP contribution in [0.5, 0.6) is 0 Å². The van der Waals surface area contributed by atoms with Gasteiger partial charge in [0.15, 0.2) is 68.2 Å². The molecule has 54 atom stereocenters. The standard InChI is InChI=1S/C30H54N6O14.C29H55N7O14.C29H54N6O14/c31-8-15-21(41)22(42)19(35)28(46-15)49-25-16(10-38)47-29(23(25)43)50-26-20(40)11(6-18(39)30(44)7-17(30)34)5-14(33)24(26)48-27-13(32)2-1-12(45-27)9-36-3-4-37;30-3-5-36(44)18(39)8-12-7-15(33)24(48-27-14(32)2-1-13(45-27)10-35-4-6-37)26(20(12)40)50-29-23(43)25(17(11-38)47-29)49-28-19(34)22(42)21(41)16(9-31)46-28;30-7-16(39)15(38)6-11-5-14(33)24(47-27-13(32)2-1-12(44-27)9-35-3-4-36)26(20(11)40)49-29-23(43)25(18(10-37)46-29)48-28-19(34)22(42)21(41)17(8-31)45-28/h1-2,11-17,19-29,36-38,40-44H,3-10,31-35H2;1-2,12-17,19-29,35,37-38,40-44H,3-11,30-34H2;1-2,11-14,16-29,35-37,39-43H,3-10,30-34H2/t11-,12-,13+,14-,15-,16+,17?,19+,20-,21+,22+,23+,24+,25+,26+,27+,28+,29-,30?;12-,13-,14+,15-,16-,17+,19+,20-,21+,22+,23+,24+,25+,26+,27+,28+,29-;11-,12-,13+,14-,16-,17-,18+,19+,20-,21+,22+,23+,24+,25+,26+,27+,28+,29-/m000/s1. The molecule has 4 saturated carbocycles. The van der Waals surface area contributed by atoms with Crippen molar-refractivity contribution in [1.82, 2.24) is 21.0 Å². The SMILES string of the molecule is NCCN(O)C(=O)C[C@@H]1C[C@H](N)[C@@H](O[C@H]2O[C@H](CNCCO)C=C[C@H]2N)[C@H](O[C@@H]2O[C@H](CO)[C@@H](O[C@H]3O[C@@H](CN)[C@@H](O)[C@H](O)[C@H]3N)[C@H]2O)[C@H]1O.NC[C@@H]1O[C@H](O[C@H]2[C@@H](O)[C@H](O[C@@H]3[C@@H](O)[C@H](CC(=O)C4(O)CC4N)C[C@H](N)[C@H]3O[C@H]3O[C@H](CNCCO)C=C[C@H]3N)O[C@@H]2CO)[C@H](N)[C@@H](O)[C@@H]1O.NC[C@@H]1O[C@H](O[C@H]2[C@@H](O)[C@H](O[C@@H]3[C@@H](O)[C@H](CC(=O)[C@@H](O)CN)C[C@H](N)[C@H]3O[C@H]3O[C@H](CNCCO)C=C[C@H]3N)O[C@@H]2CO)[C@H](N)[C@@H](O)[C@@H]1O. The minimum atomic E-state index is -1.69. The molecule has 9 heterocycles. The molecule has 61 heteroatoms. The molecule has 13 aliphatic rings. The van der Waals surface area contributed by atoms with Crippen LogP contribution in [0.3, 0.4) is 0 Å². The maximum atomic E-state index is 13.0. The Morgan fingerprint density at radius 3 is 0.913 bits per heavy atom. The summed E-state index contributed by atoms with van der Waals surface area (Å²) >= 11 is 0. The van der Waals surface area contributed by atoms with Gasteiger partial charge in [-0.3, -0.25) is 19.6 Å². The van der Waals surface area contributed by atoms with E-state index in [1.165, 1.54) is 0 Å². The predicted molar refractivity (Wildman–Crippen MR) is 505 cm³/mol. The first kappa shape index (κ1) is 125. The average molecular weight is 2160 g/mol. The number of nitrogens with zero attached hydrogens (tertiary/aromatic N) is 1. The number of hydrogen-bond acceptors (Lipinski definition) is 60. The van der Waals surface area contributed by atoms with E-state index in [1.54, 1.807) is 36.5 Å². The maximum absolute atomic E-state index is 13.0. The van der Waals surface area contributed by atoms with Crippen LogP contribution < -0.4 is 102 Å². The summed E-state index contributed by atoms with van der Waals surface area (Å²) < 4.78 is 107. The van der Waals surface area contributed by atoms with Crippen molar-refractivity contribution in [3.8, 4) is 0 Å². The topological polar surface area (TPSA) is 1070 Å². The predicted octanol–water partition coefficient (Wildman–Crippen LogP) is -23.2. The quantitative estimate of drug-likeness (QED) is 0.0116. The van der Waals surface area contributed by atoms with Crippen LogP contribution in [-0.2, 0) is 99.6 Å². The third-order valence-electron chi connectivity index (χ3n) is 28.9. The second-order valence-corrected chi connectivity index (χ2v) is 39.6. The molecule has 13 rings (SSSR count). The number of hydrogen-bond donors (Lipinski definition) is 39. The first-order valence-corrected chi connectivity index (χ1v) is 50.2. The van der Waals surface area contributed by atoms with Crippen LogP contribution in [0.4, 0.5) is 0 Å². The summed E-state index contributed by atoms with van der Waals surface area (Å²) in [5, 5.41) is 229. The van der Waals surface area contributed by atoms with Gasteiger partial charge in [0.1, 0.15) is 158 Å². The number of carbonyl (C=O) groups excluding carboxylic acids is 3. The Kier molecular flexibility index (Phi) is 48.6. The molecule has 9 aliphatic heterocycles. The van der Waals surface area contributed by atoms with Crippen LogP contribution >= 0.6 is 0 Å². The summed E-state index contributed by atoms with van der Waals surface area (Å²) in [5.74, 6) is -4.42. The molecule has 10 fully saturated rings. The molecule has 0 aromatic rings. The minimum absolute atomic E-state index is 0.00137. The van der Waals surface area contributed by atoms with Crippen molar-refractivity contribution in [2.24, 2.45) is 104 Å². The van der Waals surface area contributed by atoms with Gasteiger partial charge in [-0.15, -0.1) is 0 Å². The molecule has 0 bridgehead atoms. The molecule has 0 aromatic carbocycles. The van der Waals surface area contributed by atoms with E-state index >= 15 is 0 Å². The smallest absolute Gasteiger partial charge is 0.246 e. The summed E-state index contributed by atoms with van der Waals surface area (Å²) in [7, 11) is 0. The van der Waals surface area contributed by atoms with Gasteiger partial charge in [-0.1, -0.05) is 36.5 Å². The number of nitrogens with one attached hydrogen (secondary N) is 3. The van der Waals surface area contributed by atoms with Crippen LogP contribution in [0, 0.1) is 17.8 Å². The number of Topliss-reactive ketones (excluding diaryl/α,β-unsaturated/α-hetero) is 2. The number of aliphatic hydroxyl groups excluding tert-OH is 19. The number of rotatable bonds is 47. The fourth-order valence-electron chi connectivity index (χ4n) is 20.0. The largest absolute Gasteiger partial charge is 0.395 e. The highest BCUT2D eigenvalue weighted by Gasteiger charge is 2.62. The molecular formula is C88H163N19O42. The fraction of sp³-hybridized carbons (Fsp3) is 0.898. The van der Waals surface area contributed by atoms with Crippen molar-refractivity contribution in [3.05, 3.63) is 36.5 Å². The zero-order chi connectivity index (χ0) is 109. The van der Waals surface area contributed by atoms with E-state index in [9.17, 15) is 106 Å². The molecule has 2 unspecified atom stereocenters. The number of ketones is 2. The zero-order valence-corrected chi connectivity index (χ0v) is 82.3. The number of hydroxylamine groups is 2. The number of nitrogens with two attached hydrogens (primary N) is 15. The molecule has 1 amide bonds. The van der Waals surface area contributed by atoms with Crippen LogP contribution in [0.1, 0.15) is 44.9 Å². The van der Waals surface area contributed by atoms with Crippen LogP contribution in [0.25, 0.3) is 0 Å². The van der Waals surface area contributed by atoms with Gasteiger partial charge in [0, 0.05) is 122 Å². The lowest BCUT2D eigenvalue weighted by molar-refractivity contribution is -0.286. The summed E-state index contributed by atoms with van der Waals surface area (Å²) in [5.41, 5.74) is 88.6. The van der Waals surface area contributed by atoms with E-state index in [0.717, 1.165) is 0 Å². The van der Waals surface area contributed by atoms with Gasteiger partial charge in [0.2, 0.25) is 5.91 Å². The van der Waals surface area contributed by atoms with E-state index in [1.807, 2.05) is 0 Å². The van der Waals surface area contributed by atoms with Crippen LogP contribution in [-0.4, -0.2) is 560 Å². The molecule has 61 nitrogen and oxygen atoms in total. The fourth-order valence-corrected chi connectivity index (χ4v) is 20.0. The highest BCUT2D eigenvalue weighted by molar-refractivity contribution is 5.91. The van der Waals surface area contributed by atoms with Gasteiger partial charge in [0.25, 0.3) is 0 Å². The Labute approximate surface area is 857 Å². The van der Waals surface area contributed by atoms with Gasteiger partial charge in [-0.25, -0.2) is 5.06 Å². The summed E-state index contributed by atoms with van der Waals surface area (Å²) in [6, 6.07) is -9.45. The normalized spacial score (nSPS) is 46.0. The van der Waals surface area contributed by atoms with Crippen molar-refractivity contribution in [1.29, 1.82) is 0 Å². The Bertz CT molecular complexity index is 4100. The molecule has 0 spiro atoms. The molecule has 6 saturated heterocycles. The zero-order valence-electron chi connectivity index (χ0n) is 82.3. The van der Waals surface area contributed by atoms with E-state index in [-0.39, 0.29) is 104 Å². The number of aliphatic hydroxyl groups is 20. The number of amides is 1. The lowest BCUT2D eigenvalue weighted by Gasteiger charge is -2.46. The van der Waals surface area contributed by atoms with Crippen LogP contribution in [0.2, 0.25) is 0 Å². The number of carbonyl (C=O) groups is 3. The Morgan fingerprint density at radius 1 is 0.356 bits per heavy atom. The van der Waals surface area contributed by atoms with Crippen molar-refractivity contribution < 1.29 is 207 Å². The van der Waals surface area contributed by atoms with Crippen molar-refractivity contribution in [2.45, 2.75) is 357 Å². The molecule has 0 aromatic heterocycles. The summed E-state index contributed by atoms with van der Waals surface area (Å²) in [6.45, 7) is -1.24. The summed E-state index contributed by atoms with van der Waals surface area (Å²) in [6.07, 6.45) is -41.8. The lowest BCUT2D eigenvalue weighted by Crippen LogP contribution is -2.64. The average Bonchev–Trinajstić information content (AvgIpc) is 1.60. The van der Waals surface area contributed by atoms with Gasteiger partial charge >= 0.3 is 0 Å². The minimum Gasteiger partial charge on any atom is -0.395 e. The number of ether oxygens (including phenoxy) is 18. The highest BCUT2D eigenvalue weighted by atomic mass is 16.8. The van der Waals surface area contributed by atoms with E-state index in [0.29, 0.717) is 44.3 Å². The van der Waals surface area contributed by atoms with E-state index in [2.05, 4.69) is 16.0 Å². The second kappa shape index (κ2) is 58.0.